The third-order valence-electron chi connectivity index (χ3n) is 5.70. The fourth-order valence-corrected chi connectivity index (χ4v) is 3.85. The summed E-state index contributed by atoms with van der Waals surface area (Å²) in [5.74, 6) is 0.901. The maximum absolute atomic E-state index is 6.26. The van der Waals surface area contributed by atoms with Gasteiger partial charge in [-0.3, -0.25) is 4.90 Å². The summed E-state index contributed by atoms with van der Waals surface area (Å²) in [7, 11) is 2.31. The van der Waals surface area contributed by atoms with Gasteiger partial charge in [0.05, 0.1) is 0 Å². The molecule has 2 rings (SSSR count). The van der Waals surface area contributed by atoms with Gasteiger partial charge < -0.3 is 5.73 Å². The van der Waals surface area contributed by atoms with E-state index >= 15 is 0 Å². The van der Waals surface area contributed by atoms with Crippen molar-refractivity contribution in [2.75, 3.05) is 13.6 Å². The van der Waals surface area contributed by atoms with Gasteiger partial charge in [0.25, 0.3) is 0 Å². The molecule has 1 atom stereocenters. The Labute approximate surface area is 130 Å². The molecular weight excluding hydrogens is 256 g/mol. The molecule has 118 valence electrons. The molecule has 0 amide bonds. The lowest BCUT2D eigenvalue weighted by Gasteiger charge is -2.47. The topological polar surface area (TPSA) is 29.3 Å². The number of nitrogens with two attached hydrogens (primary N) is 1. The summed E-state index contributed by atoms with van der Waals surface area (Å²) in [4.78, 5) is 2.62. The SMILES string of the molecule is CCC(CN)(Cc1ccccc1)N(C)C1CCC(C)CC1. The van der Waals surface area contributed by atoms with Crippen molar-refractivity contribution in [1.29, 1.82) is 0 Å². The minimum atomic E-state index is 0.104. The molecule has 0 saturated heterocycles. The molecule has 1 unspecified atom stereocenters. The van der Waals surface area contributed by atoms with E-state index in [0.717, 1.165) is 25.3 Å². The summed E-state index contributed by atoms with van der Waals surface area (Å²) >= 11 is 0. The summed E-state index contributed by atoms with van der Waals surface area (Å²) in [6, 6.07) is 11.5. The maximum atomic E-state index is 6.26. The molecule has 0 spiro atoms. The first-order valence-electron chi connectivity index (χ1n) is 8.58. The number of hydrogen-bond donors (Lipinski definition) is 1. The van der Waals surface area contributed by atoms with Crippen molar-refractivity contribution in [2.45, 2.75) is 64.0 Å². The van der Waals surface area contributed by atoms with Crippen molar-refractivity contribution < 1.29 is 0 Å². The standard InChI is InChI=1S/C19H32N2/c1-4-19(15-20,14-17-8-6-5-7-9-17)21(3)18-12-10-16(2)11-13-18/h5-9,16,18H,4,10-15,20H2,1-3H3. The summed E-state index contributed by atoms with van der Waals surface area (Å²) in [5.41, 5.74) is 7.77. The van der Waals surface area contributed by atoms with Crippen LogP contribution < -0.4 is 5.73 Å². The molecule has 21 heavy (non-hydrogen) atoms. The van der Waals surface area contributed by atoms with E-state index in [9.17, 15) is 0 Å². The number of likely N-dealkylation sites (N-methyl/N-ethyl adjacent to an activating group) is 1. The Morgan fingerprint density at radius 3 is 2.29 bits per heavy atom. The molecule has 2 N–H and O–H groups in total. The van der Waals surface area contributed by atoms with Crippen LogP contribution in [0.25, 0.3) is 0 Å². The van der Waals surface area contributed by atoms with Crippen LogP contribution in [0.3, 0.4) is 0 Å². The highest BCUT2D eigenvalue weighted by atomic mass is 15.2. The normalized spacial score (nSPS) is 25.8. The van der Waals surface area contributed by atoms with Gasteiger partial charge in [-0.25, -0.2) is 0 Å². The van der Waals surface area contributed by atoms with Gasteiger partial charge in [-0.2, -0.15) is 0 Å². The number of rotatable bonds is 6. The molecule has 1 fully saturated rings. The van der Waals surface area contributed by atoms with E-state index in [4.69, 9.17) is 5.73 Å². The molecule has 1 saturated carbocycles. The first-order chi connectivity index (χ1) is 10.1. The van der Waals surface area contributed by atoms with E-state index < -0.39 is 0 Å². The minimum absolute atomic E-state index is 0.104. The van der Waals surface area contributed by atoms with Crippen LogP contribution in [0.2, 0.25) is 0 Å². The van der Waals surface area contributed by atoms with E-state index in [1.165, 1.54) is 31.2 Å². The number of nitrogens with zero attached hydrogens (tertiary/aromatic N) is 1. The number of benzene rings is 1. The lowest BCUT2D eigenvalue weighted by atomic mass is 9.81. The molecule has 1 aliphatic rings. The predicted octanol–water partition coefficient (Wildman–Crippen LogP) is 3.85. The van der Waals surface area contributed by atoms with Crippen molar-refractivity contribution in [3.05, 3.63) is 35.9 Å². The smallest absolute Gasteiger partial charge is 0.0369 e. The zero-order chi connectivity index (χ0) is 15.3. The summed E-state index contributed by atoms with van der Waals surface area (Å²) < 4.78 is 0. The molecule has 0 bridgehead atoms. The van der Waals surface area contributed by atoms with Gasteiger partial charge in [0.15, 0.2) is 0 Å². The van der Waals surface area contributed by atoms with Crippen molar-refractivity contribution in [1.82, 2.24) is 4.90 Å². The van der Waals surface area contributed by atoms with Crippen LogP contribution in [0.1, 0.15) is 51.5 Å². The Morgan fingerprint density at radius 2 is 1.76 bits per heavy atom. The fraction of sp³-hybridized carbons (Fsp3) is 0.684. The molecular formula is C19H32N2. The van der Waals surface area contributed by atoms with E-state index in [0.29, 0.717) is 6.04 Å². The van der Waals surface area contributed by atoms with Crippen LogP contribution in [-0.4, -0.2) is 30.1 Å². The molecule has 0 heterocycles. The molecule has 1 aliphatic carbocycles. The highest BCUT2D eigenvalue weighted by Gasteiger charge is 2.36. The largest absolute Gasteiger partial charge is 0.329 e. The second-order valence-electron chi connectivity index (χ2n) is 6.97. The molecule has 1 aromatic rings. The molecule has 0 radical (unpaired) electrons. The minimum Gasteiger partial charge on any atom is -0.329 e. The predicted molar refractivity (Wildman–Crippen MR) is 91.4 cm³/mol. The van der Waals surface area contributed by atoms with Crippen molar-refractivity contribution in [2.24, 2.45) is 11.7 Å². The summed E-state index contributed by atoms with van der Waals surface area (Å²) in [5, 5.41) is 0. The van der Waals surface area contributed by atoms with Crippen LogP contribution in [0.4, 0.5) is 0 Å². The van der Waals surface area contributed by atoms with Gasteiger partial charge in [-0.05, 0) is 57.1 Å². The number of hydrogen-bond acceptors (Lipinski definition) is 2. The van der Waals surface area contributed by atoms with E-state index in [1.807, 2.05) is 0 Å². The average Bonchev–Trinajstić information content (AvgIpc) is 2.54. The molecule has 1 aromatic carbocycles. The molecule has 0 aromatic heterocycles. The Kier molecular flexibility index (Phi) is 5.83. The lowest BCUT2D eigenvalue weighted by molar-refractivity contribution is 0.0469. The van der Waals surface area contributed by atoms with Gasteiger partial charge in [0.1, 0.15) is 0 Å². The van der Waals surface area contributed by atoms with Gasteiger partial charge >= 0.3 is 0 Å². The summed E-state index contributed by atoms with van der Waals surface area (Å²) in [6.45, 7) is 5.41. The Bertz CT molecular complexity index is 403. The van der Waals surface area contributed by atoms with E-state index in [-0.39, 0.29) is 5.54 Å². The first kappa shape index (κ1) is 16.5. The Hall–Kier alpha value is -0.860. The molecule has 2 heteroatoms. The van der Waals surface area contributed by atoms with Crippen LogP contribution in [0.15, 0.2) is 30.3 Å². The van der Waals surface area contributed by atoms with E-state index in [1.54, 1.807) is 0 Å². The van der Waals surface area contributed by atoms with Gasteiger partial charge in [0, 0.05) is 18.1 Å². The van der Waals surface area contributed by atoms with Crippen molar-refractivity contribution in [3.8, 4) is 0 Å². The van der Waals surface area contributed by atoms with E-state index in [2.05, 4.69) is 56.1 Å². The second-order valence-corrected chi connectivity index (χ2v) is 6.97. The van der Waals surface area contributed by atoms with Crippen LogP contribution in [-0.2, 0) is 6.42 Å². The molecule has 0 aliphatic heterocycles. The van der Waals surface area contributed by atoms with Crippen molar-refractivity contribution in [3.63, 3.8) is 0 Å². The Balaban J connectivity index is 2.12. The first-order valence-corrected chi connectivity index (χ1v) is 8.58. The lowest BCUT2D eigenvalue weighted by Crippen LogP contribution is -2.57. The van der Waals surface area contributed by atoms with Gasteiger partial charge in [-0.15, -0.1) is 0 Å². The summed E-state index contributed by atoms with van der Waals surface area (Å²) in [6.07, 6.45) is 7.56. The monoisotopic (exact) mass is 288 g/mol. The van der Waals surface area contributed by atoms with Gasteiger partial charge in [-0.1, -0.05) is 44.2 Å². The van der Waals surface area contributed by atoms with Crippen LogP contribution >= 0.6 is 0 Å². The third kappa shape index (κ3) is 3.87. The Morgan fingerprint density at radius 1 is 1.14 bits per heavy atom. The second kappa shape index (κ2) is 7.42. The maximum Gasteiger partial charge on any atom is 0.0369 e. The third-order valence-corrected chi connectivity index (χ3v) is 5.70. The van der Waals surface area contributed by atoms with Crippen LogP contribution in [0.5, 0.6) is 0 Å². The zero-order valence-corrected chi connectivity index (χ0v) is 14.0. The fourth-order valence-electron chi connectivity index (χ4n) is 3.85. The highest BCUT2D eigenvalue weighted by Crippen LogP contribution is 2.32. The van der Waals surface area contributed by atoms with Crippen molar-refractivity contribution >= 4 is 0 Å². The highest BCUT2D eigenvalue weighted by molar-refractivity contribution is 5.18. The quantitative estimate of drug-likeness (QED) is 0.861. The van der Waals surface area contributed by atoms with Crippen LogP contribution in [0, 0.1) is 5.92 Å². The average molecular weight is 288 g/mol. The van der Waals surface area contributed by atoms with Gasteiger partial charge in [0.2, 0.25) is 0 Å². The zero-order valence-electron chi connectivity index (χ0n) is 14.0. The molecule has 2 nitrogen and oxygen atoms in total.